The van der Waals surface area contributed by atoms with Crippen LogP contribution < -0.4 is 5.32 Å². The lowest BCUT2D eigenvalue weighted by Crippen LogP contribution is -2.45. The van der Waals surface area contributed by atoms with Crippen LogP contribution in [0.1, 0.15) is 40.0 Å². The van der Waals surface area contributed by atoms with Gasteiger partial charge in [-0.2, -0.15) is 0 Å². The van der Waals surface area contributed by atoms with Crippen LogP contribution in [0.25, 0.3) is 0 Å². The van der Waals surface area contributed by atoms with Gasteiger partial charge in [0.1, 0.15) is 5.41 Å². The smallest absolute Gasteiger partial charge is 0.238 e. The van der Waals surface area contributed by atoms with E-state index in [0.29, 0.717) is 32.5 Å². The Hall–Kier alpha value is -1.06. The summed E-state index contributed by atoms with van der Waals surface area (Å²) >= 11 is 0. The van der Waals surface area contributed by atoms with Crippen molar-refractivity contribution in [3.05, 3.63) is 0 Å². The molecule has 0 radical (unpaired) electrons. The minimum Gasteiger partial charge on any atom is -0.355 e. The SMILES string of the molecule is CCCNC(=O)C1(C(=O)N(CC)CC)CC1. The molecule has 0 unspecified atom stereocenters. The molecule has 4 nitrogen and oxygen atoms in total. The van der Waals surface area contributed by atoms with Crippen LogP contribution in [-0.2, 0) is 9.59 Å². The van der Waals surface area contributed by atoms with E-state index >= 15 is 0 Å². The average molecular weight is 226 g/mol. The number of amides is 2. The normalized spacial score (nSPS) is 16.7. The second kappa shape index (κ2) is 5.32. The van der Waals surface area contributed by atoms with E-state index in [1.807, 2.05) is 20.8 Å². The van der Waals surface area contributed by atoms with Gasteiger partial charge in [-0.05, 0) is 33.1 Å². The molecular weight excluding hydrogens is 204 g/mol. The van der Waals surface area contributed by atoms with E-state index in [4.69, 9.17) is 0 Å². The van der Waals surface area contributed by atoms with Gasteiger partial charge >= 0.3 is 0 Å². The first-order valence-corrected chi connectivity index (χ1v) is 6.20. The van der Waals surface area contributed by atoms with Gasteiger partial charge in [0.15, 0.2) is 0 Å². The van der Waals surface area contributed by atoms with Crippen LogP contribution >= 0.6 is 0 Å². The predicted octanol–water partition coefficient (Wildman–Crippen LogP) is 1.16. The zero-order valence-electron chi connectivity index (χ0n) is 10.5. The zero-order valence-corrected chi connectivity index (χ0v) is 10.5. The van der Waals surface area contributed by atoms with Crippen molar-refractivity contribution >= 4 is 11.8 Å². The molecule has 0 aromatic carbocycles. The van der Waals surface area contributed by atoms with Crippen molar-refractivity contribution in [3.8, 4) is 0 Å². The first-order chi connectivity index (χ1) is 7.62. The van der Waals surface area contributed by atoms with Gasteiger partial charge in [0.2, 0.25) is 11.8 Å². The van der Waals surface area contributed by atoms with Crippen LogP contribution in [0.5, 0.6) is 0 Å². The fraction of sp³-hybridized carbons (Fsp3) is 0.833. The third-order valence-corrected chi connectivity index (χ3v) is 3.18. The number of rotatable bonds is 6. The van der Waals surface area contributed by atoms with Crippen LogP contribution in [0.2, 0.25) is 0 Å². The summed E-state index contributed by atoms with van der Waals surface area (Å²) in [5.74, 6) is -0.0719. The molecule has 0 saturated heterocycles. The Bertz CT molecular complexity index is 268. The minimum atomic E-state index is -0.721. The van der Waals surface area contributed by atoms with E-state index in [1.54, 1.807) is 4.90 Å². The lowest BCUT2D eigenvalue weighted by molar-refractivity contribution is -0.143. The van der Waals surface area contributed by atoms with Crippen molar-refractivity contribution in [1.29, 1.82) is 0 Å². The van der Waals surface area contributed by atoms with Crippen molar-refractivity contribution in [2.75, 3.05) is 19.6 Å². The molecular formula is C12H22N2O2. The molecule has 1 N–H and O–H groups in total. The summed E-state index contributed by atoms with van der Waals surface area (Å²) in [7, 11) is 0. The zero-order chi connectivity index (χ0) is 12.2. The Balaban J connectivity index is 2.63. The number of hydrogen-bond donors (Lipinski definition) is 1. The highest BCUT2D eigenvalue weighted by Crippen LogP contribution is 2.47. The summed E-state index contributed by atoms with van der Waals surface area (Å²) in [4.78, 5) is 25.8. The Labute approximate surface area is 97.4 Å². The highest BCUT2D eigenvalue weighted by atomic mass is 16.2. The van der Waals surface area contributed by atoms with Gasteiger partial charge in [0.05, 0.1) is 0 Å². The van der Waals surface area contributed by atoms with Gasteiger partial charge in [0.25, 0.3) is 0 Å². The number of carbonyl (C=O) groups excluding carboxylic acids is 2. The lowest BCUT2D eigenvalue weighted by Gasteiger charge is -2.24. The van der Waals surface area contributed by atoms with Crippen LogP contribution in [0.15, 0.2) is 0 Å². The summed E-state index contributed by atoms with van der Waals surface area (Å²) < 4.78 is 0. The molecule has 4 heteroatoms. The van der Waals surface area contributed by atoms with E-state index in [2.05, 4.69) is 5.32 Å². The van der Waals surface area contributed by atoms with Crippen molar-refractivity contribution < 1.29 is 9.59 Å². The van der Waals surface area contributed by atoms with Crippen molar-refractivity contribution in [3.63, 3.8) is 0 Å². The number of nitrogens with zero attached hydrogens (tertiary/aromatic N) is 1. The summed E-state index contributed by atoms with van der Waals surface area (Å²) in [5.41, 5.74) is -0.721. The highest BCUT2D eigenvalue weighted by molar-refractivity contribution is 6.07. The summed E-state index contributed by atoms with van der Waals surface area (Å²) in [5, 5.41) is 2.83. The Morgan fingerprint density at radius 3 is 2.12 bits per heavy atom. The van der Waals surface area contributed by atoms with E-state index in [0.717, 1.165) is 6.42 Å². The second-order valence-electron chi connectivity index (χ2n) is 4.32. The predicted molar refractivity (Wildman–Crippen MR) is 62.9 cm³/mol. The molecule has 16 heavy (non-hydrogen) atoms. The maximum atomic E-state index is 12.2. The molecule has 1 aliphatic carbocycles. The summed E-state index contributed by atoms with van der Waals surface area (Å²) in [6.07, 6.45) is 2.32. The van der Waals surface area contributed by atoms with Gasteiger partial charge < -0.3 is 10.2 Å². The van der Waals surface area contributed by atoms with E-state index < -0.39 is 5.41 Å². The Morgan fingerprint density at radius 2 is 1.75 bits per heavy atom. The fourth-order valence-corrected chi connectivity index (χ4v) is 1.88. The van der Waals surface area contributed by atoms with Crippen LogP contribution in [0, 0.1) is 5.41 Å². The summed E-state index contributed by atoms with van der Waals surface area (Å²) in [6.45, 7) is 7.91. The Morgan fingerprint density at radius 1 is 1.19 bits per heavy atom. The van der Waals surface area contributed by atoms with E-state index in [-0.39, 0.29) is 11.8 Å². The molecule has 1 fully saturated rings. The molecule has 0 atom stereocenters. The molecule has 1 saturated carbocycles. The number of nitrogens with one attached hydrogen (secondary N) is 1. The fourth-order valence-electron chi connectivity index (χ4n) is 1.88. The maximum Gasteiger partial charge on any atom is 0.238 e. The number of hydrogen-bond acceptors (Lipinski definition) is 2. The van der Waals surface area contributed by atoms with Crippen LogP contribution in [0.4, 0.5) is 0 Å². The molecule has 0 bridgehead atoms. The van der Waals surface area contributed by atoms with Gasteiger partial charge in [-0.3, -0.25) is 9.59 Å². The first kappa shape index (κ1) is 13.0. The molecule has 1 aliphatic rings. The van der Waals surface area contributed by atoms with Crippen molar-refractivity contribution in [2.45, 2.75) is 40.0 Å². The number of carbonyl (C=O) groups is 2. The molecule has 2 amide bonds. The van der Waals surface area contributed by atoms with Crippen LogP contribution in [0.3, 0.4) is 0 Å². The van der Waals surface area contributed by atoms with E-state index in [1.165, 1.54) is 0 Å². The minimum absolute atomic E-state index is 0.00565. The molecule has 92 valence electrons. The van der Waals surface area contributed by atoms with Gasteiger partial charge in [-0.1, -0.05) is 6.92 Å². The van der Waals surface area contributed by atoms with Gasteiger partial charge in [-0.15, -0.1) is 0 Å². The topological polar surface area (TPSA) is 49.4 Å². The average Bonchev–Trinajstić information content (AvgIpc) is 3.08. The quantitative estimate of drug-likeness (QED) is 0.691. The standard InChI is InChI=1S/C12H22N2O2/c1-4-9-13-10(15)12(7-8-12)11(16)14(5-2)6-3/h4-9H2,1-3H3,(H,13,15). The van der Waals surface area contributed by atoms with Gasteiger partial charge in [0, 0.05) is 19.6 Å². The second-order valence-corrected chi connectivity index (χ2v) is 4.32. The first-order valence-electron chi connectivity index (χ1n) is 6.20. The maximum absolute atomic E-state index is 12.2. The molecule has 0 aliphatic heterocycles. The van der Waals surface area contributed by atoms with E-state index in [9.17, 15) is 9.59 Å². The van der Waals surface area contributed by atoms with Crippen LogP contribution in [-0.4, -0.2) is 36.3 Å². The van der Waals surface area contributed by atoms with Crippen molar-refractivity contribution in [1.82, 2.24) is 10.2 Å². The highest BCUT2D eigenvalue weighted by Gasteiger charge is 2.57. The molecule has 0 heterocycles. The third kappa shape index (κ3) is 2.36. The molecule has 0 aromatic heterocycles. The monoisotopic (exact) mass is 226 g/mol. The molecule has 0 aromatic rings. The molecule has 1 rings (SSSR count). The summed E-state index contributed by atoms with van der Waals surface area (Å²) in [6, 6.07) is 0. The van der Waals surface area contributed by atoms with Gasteiger partial charge in [-0.25, -0.2) is 0 Å². The lowest BCUT2D eigenvalue weighted by atomic mass is 10.0. The third-order valence-electron chi connectivity index (χ3n) is 3.18. The van der Waals surface area contributed by atoms with Crippen molar-refractivity contribution in [2.24, 2.45) is 5.41 Å². The molecule has 0 spiro atoms. The largest absolute Gasteiger partial charge is 0.355 e. The Kier molecular flexibility index (Phi) is 4.33.